The van der Waals surface area contributed by atoms with Crippen LogP contribution in [0.1, 0.15) is 48.2 Å². The Balaban J connectivity index is 1.83. The molecule has 1 aliphatic heterocycles. The van der Waals surface area contributed by atoms with Crippen molar-refractivity contribution in [1.29, 1.82) is 0 Å². The normalized spacial score (nSPS) is 24.0. The maximum atomic E-state index is 12.2. The second kappa shape index (κ2) is 5.09. The molecule has 5 heteroatoms. The van der Waals surface area contributed by atoms with E-state index in [1.807, 2.05) is 12.1 Å². The van der Waals surface area contributed by atoms with Gasteiger partial charge in [0.25, 0.3) is 5.91 Å². The highest BCUT2D eigenvalue weighted by Crippen LogP contribution is 2.40. The molecule has 1 aromatic carbocycles. The molecule has 1 fully saturated rings. The van der Waals surface area contributed by atoms with E-state index in [-0.39, 0.29) is 17.2 Å². The Morgan fingerprint density at radius 3 is 2.73 bits per heavy atom. The minimum absolute atomic E-state index is 0.00936. The van der Waals surface area contributed by atoms with E-state index in [1.54, 1.807) is 6.07 Å². The van der Waals surface area contributed by atoms with Gasteiger partial charge in [0.2, 0.25) is 5.91 Å². The summed E-state index contributed by atoms with van der Waals surface area (Å²) in [4.78, 5) is 23.7. The number of aliphatic hydroxyl groups is 1. The van der Waals surface area contributed by atoms with E-state index < -0.39 is 5.72 Å². The van der Waals surface area contributed by atoms with Gasteiger partial charge in [-0.1, -0.05) is 6.07 Å². The van der Waals surface area contributed by atoms with Crippen LogP contribution in [-0.2, 0) is 17.6 Å². The summed E-state index contributed by atoms with van der Waals surface area (Å²) in [6, 6.07) is 5.70. The number of carbonyl (C=O) groups excluding carboxylic acids is 2. The van der Waals surface area contributed by atoms with E-state index in [1.165, 1.54) is 19.4 Å². The molecular weight excluding hydrogens is 280 g/mol. The molecule has 1 aliphatic carbocycles. The van der Waals surface area contributed by atoms with Crippen molar-refractivity contribution in [2.75, 3.05) is 6.54 Å². The van der Waals surface area contributed by atoms with Gasteiger partial charge in [-0.25, -0.2) is 0 Å². The van der Waals surface area contributed by atoms with E-state index in [0.717, 1.165) is 31.4 Å². The fraction of sp³-hybridized carbons (Fsp3) is 0.529. The molecule has 0 unspecified atom stereocenters. The molecule has 2 aliphatic rings. The second-order valence-corrected chi connectivity index (χ2v) is 7.13. The fourth-order valence-corrected chi connectivity index (χ4v) is 3.47. The zero-order chi connectivity index (χ0) is 16.0. The van der Waals surface area contributed by atoms with Gasteiger partial charge in [-0.3, -0.25) is 9.59 Å². The highest BCUT2D eigenvalue weighted by atomic mass is 16.3. The predicted molar refractivity (Wildman–Crippen MR) is 82.3 cm³/mol. The van der Waals surface area contributed by atoms with Crippen molar-refractivity contribution in [1.82, 2.24) is 10.6 Å². The number of fused-ring (bicyclic) bond motifs is 1. The van der Waals surface area contributed by atoms with Crippen LogP contribution in [0, 0.1) is 5.41 Å². The number of carbonyl (C=O) groups is 2. The lowest BCUT2D eigenvalue weighted by atomic mass is 9.71. The molecule has 3 N–H and O–H groups in total. The molecule has 5 nitrogen and oxygen atoms in total. The number of amides is 2. The van der Waals surface area contributed by atoms with Gasteiger partial charge in [0.15, 0.2) is 0 Å². The Morgan fingerprint density at radius 2 is 2.09 bits per heavy atom. The van der Waals surface area contributed by atoms with Gasteiger partial charge in [-0.05, 0) is 56.4 Å². The first kappa shape index (κ1) is 15.0. The van der Waals surface area contributed by atoms with Crippen LogP contribution in [0.25, 0.3) is 0 Å². The van der Waals surface area contributed by atoms with Gasteiger partial charge in [0.1, 0.15) is 5.72 Å². The number of benzene rings is 1. The standard InChI is InChI=1S/C17H22N2O3/c1-16(2,22)19-15(21)12-4-3-11-5-6-17(8-13(11)7-12)9-14(20)18-10-17/h3-4,7,22H,5-6,8-10H2,1-2H3,(H,18,20)(H,19,21)/t17-/m0/s1. The molecule has 22 heavy (non-hydrogen) atoms. The van der Waals surface area contributed by atoms with E-state index in [9.17, 15) is 14.7 Å². The van der Waals surface area contributed by atoms with E-state index in [0.29, 0.717) is 12.0 Å². The molecule has 3 rings (SSSR count). The smallest absolute Gasteiger partial charge is 0.253 e. The SMILES string of the molecule is CC(C)(O)NC(=O)c1ccc2c(c1)C[C@]1(CC2)CNC(=O)C1. The summed E-state index contributed by atoms with van der Waals surface area (Å²) in [7, 11) is 0. The van der Waals surface area contributed by atoms with Gasteiger partial charge >= 0.3 is 0 Å². The molecule has 0 radical (unpaired) electrons. The molecule has 0 aromatic heterocycles. The summed E-state index contributed by atoms with van der Waals surface area (Å²) in [5.74, 6) is -0.157. The van der Waals surface area contributed by atoms with Gasteiger partial charge in [0.05, 0.1) is 0 Å². The first-order valence-corrected chi connectivity index (χ1v) is 7.70. The topological polar surface area (TPSA) is 78.4 Å². The first-order chi connectivity index (χ1) is 10.3. The average molecular weight is 302 g/mol. The minimum atomic E-state index is -1.24. The number of rotatable bonds is 2. The maximum absolute atomic E-state index is 12.2. The number of aryl methyl sites for hydroxylation is 1. The summed E-state index contributed by atoms with van der Waals surface area (Å²) in [5.41, 5.74) is 1.72. The lowest BCUT2D eigenvalue weighted by molar-refractivity contribution is -0.119. The van der Waals surface area contributed by atoms with Crippen molar-refractivity contribution >= 4 is 11.8 Å². The third-order valence-electron chi connectivity index (χ3n) is 4.57. The maximum Gasteiger partial charge on any atom is 0.253 e. The van der Waals surface area contributed by atoms with Crippen LogP contribution in [0.2, 0.25) is 0 Å². The molecule has 1 heterocycles. The quantitative estimate of drug-likeness (QED) is 0.717. The summed E-state index contributed by atoms with van der Waals surface area (Å²) < 4.78 is 0. The van der Waals surface area contributed by atoms with Crippen molar-refractivity contribution < 1.29 is 14.7 Å². The van der Waals surface area contributed by atoms with Gasteiger partial charge in [0, 0.05) is 23.9 Å². The number of hydrogen-bond donors (Lipinski definition) is 3. The van der Waals surface area contributed by atoms with Crippen LogP contribution in [0.3, 0.4) is 0 Å². The molecule has 2 amide bonds. The Morgan fingerprint density at radius 1 is 1.32 bits per heavy atom. The number of nitrogens with one attached hydrogen (secondary N) is 2. The first-order valence-electron chi connectivity index (χ1n) is 7.70. The lowest BCUT2D eigenvalue weighted by Gasteiger charge is -2.33. The summed E-state index contributed by atoms with van der Waals surface area (Å²) >= 11 is 0. The van der Waals surface area contributed by atoms with Crippen molar-refractivity contribution in [2.24, 2.45) is 5.41 Å². The zero-order valence-electron chi connectivity index (χ0n) is 13.0. The molecule has 0 saturated carbocycles. The Bertz CT molecular complexity index is 633. The molecule has 1 aromatic rings. The monoisotopic (exact) mass is 302 g/mol. The highest BCUT2D eigenvalue weighted by Gasteiger charge is 2.40. The summed E-state index contributed by atoms with van der Waals surface area (Å²) in [6.07, 6.45) is 3.35. The van der Waals surface area contributed by atoms with Crippen molar-refractivity contribution in [3.05, 3.63) is 34.9 Å². The van der Waals surface area contributed by atoms with Crippen molar-refractivity contribution in [3.63, 3.8) is 0 Å². The summed E-state index contributed by atoms with van der Waals surface area (Å²) in [5, 5.41) is 15.2. The fourth-order valence-electron chi connectivity index (χ4n) is 3.47. The van der Waals surface area contributed by atoms with Gasteiger partial charge in [-0.15, -0.1) is 0 Å². The van der Waals surface area contributed by atoms with Gasteiger partial charge in [-0.2, -0.15) is 0 Å². The third-order valence-corrected chi connectivity index (χ3v) is 4.57. The zero-order valence-corrected chi connectivity index (χ0v) is 13.0. The average Bonchev–Trinajstić information content (AvgIpc) is 2.77. The van der Waals surface area contributed by atoms with Crippen LogP contribution < -0.4 is 10.6 Å². The molecule has 118 valence electrons. The minimum Gasteiger partial charge on any atom is -0.372 e. The van der Waals surface area contributed by atoms with E-state index in [4.69, 9.17) is 0 Å². The predicted octanol–water partition coefficient (Wildman–Crippen LogP) is 1.14. The highest BCUT2D eigenvalue weighted by molar-refractivity contribution is 5.94. The lowest BCUT2D eigenvalue weighted by Crippen LogP contribution is -2.43. The Hall–Kier alpha value is -1.88. The number of hydrogen-bond acceptors (Lipinski definition) is 3. The van der Waals surface area contributed by atoms with Crippen LogP contribution in [0.5, 0.6) is 0 Å². The molecule has 1 spiro atoms. The van der Waals surface area contributed by atoms with E-state index in [2.05, 4.69) is 10.6 Å². The second-order valence-electron chi connectivity index (χ2n) is 7.13. The van der Waals surface area contributed by atoms with Crippen LogP contribution in [-0.4, -0.2) is 29.2 Å². The van der Waals surface area contributed by atoms with E-state index >= 15 is 0 Å². The van der Waals surface area contributed by atoms with Gasteiger partial charge < -0.3 is 15.7 Å². The van der Waals surface area contributed by atoms with Crippen LogP contribution >= 0.6 is 0 Å². The Labute approximate surface area is 130 Å². The largest absolute Gasteiger partial charge is 0.372 e. The summed E-state index contributed by atoms with van der Waals surface area (Å²) in [6.45, 7) is 3.80. The van der Waals surface area contributed by atoms with Crippen LogP contribution in [0.4, 0.5) is 0 Å². The molecule has 1 saturated heterocycles. The molecule has 0 bridgehead atoms. The third kappa shape index (κ3) is 2.99. The van der Waals surface area contributed by atoms with Crippen molar-refractivity contribution in [3.8, 4) is 0 Å². The Kier molecular flexibility index (Phi) is 3.48. The van der Waals surface area contributed by atoms with Crippen LogP contribution in [0.15, 0.2) is 18.2 Å². The molecular formula is C17H22N2O3. The van der Waals surface area contributed by atoms with Crippen molar-refractivity contribution in [2.45, 2.75) is 45.3 Å². The molecule has 1 atom stereocenters.